The van der Waals surface area contributed by atoms with E-state index in [1.807, 2.05) is 57.2 Å². The minimum absolute atomic E-state index is 0.331. The summed E-state index contributed by atoms with van der Waals surface area (Å²) in [5.74, 6) is 0.897. The standard InChI is InChI=1S/C23H19NO3/c1-12-8-18-21(19(24)9-12)26-20-11-14(3)13(2)10-17(20)23(18)16-7-5-4-6-15(16)22(25)27-23/h4-11H,24H2,1-3H3. The third-order valence-electron chi connectivity index (χ3n) is 5.60. The lowest BCUT2D eigenvalue weighted by Gasteiger charge is -2.37. The number of carbonyl (C=O) groups excluding carboxylic acids is 1. The van der Waals surface area contributed by atoms with Crippen LogP contribution in [0.25, 0.3) is 0 Å². The fourth-order valence-electron chi connectivity index (χ4n) is 4.20. The van der Waals surface area contributed by atoms with E-state index in [1.165, 1.54) is 0 Å². The number of ether oxygens (including phenoxy) is 2. The van der Waals surface area contributed by atoms with E-state index in [4.69, 9.17) is 15.2 Å². The van der Waals surface area contributed by atoms with Gasteiger partial charge in [0.15, 0.2) is 11.4 Å². The van der Waals surface area contributed by atoms with E-state index in [1.54, 1.807) is 6.07 Å². The van der Waals surface area contributed by atoms with Crippen LogP contribution in [0.5, 0.6) is 11.5 Å². The molecule has 1 atom stereocenters. The molecule has 0 aliphatic carbocycles. The summed E-state index contributed by atoms with van der Waals surface area (Å²) in [6.45, 7) is 6.06. The molecule has 0 radical (unpaired) electrons. The molecule has 3 aromatic carbocycles. The van der Waals surface area contributed by atoms with Gasteiger partial charge in [-0.3, -0.25) is 0 Å². The predicted molar refractivity (Wildman–Crippen MR) is 103 cm³/mol. The Morgan fingerprint density at radius 2 is 1.63 bits per heavy atom. The number of carbonyl (C=O) groups is 1. The molecule has 0 amide bonds. The summed E-state index contributed by atoms with van der Waals surface area (Å²) in [6.07, 6.45) is 0. The van der Waals surface area contributed by atoms with Crippen LogP contribution >= 0.6 is 0 Å². The Kier molecular flexibility index (Phi) is 3.03. The van der Waals surface area contributed by atoms with E-state index < -0.39 is 5.60 Å². The zero-order valence-corrected chi connectivity index (χ0v) is 15.4. The lowest BCUT2D eigenvalue weighted by molar-refractivity contribution is 0.0224. The molecule has 5 rings (SSSR count). The van der Waals surface area contributed by atoms with Gasteiger partial charge in [-0.15, -0.1) is 0 Å². The monoisotopic (exact) mass is 357 g/mol. The van der Waals surface area contributed by atoms with Crippen molar-refractivity contribution in [3.05, 3.63) is 87.5 Å². The fourth-order valence-corrected chi connectivity index (χ4v) is 4.20. The number of aryl methyl sites for hydroxylation is 3. The first-order valence-corrected chi connectivity index (χ1v) is 8.95. The van der Waals surface area contributed by atoms with Gasteiger partial charge < -0.3 is 15.2 Å². The van der Waals surface area contributed by atoms with Crippen LogP contribution in [0.2, 0.25) is 0 Å². The molecule has 27 heavy (non-hydrogen) atoms. The Morgan fingerprint density at radius 1 is 0.889 bits per heavy atom. The van der Waals surface area contributed by atoms with E-state index >= 15 is 0 Å². The van der Waals surface area contributed by atoms with Crippen molar-refractivity contribution in [3.8, 4) is 11.5 Å². The molecule has 2 aliphatic heterocycles. The van der Waals surface area contributed by atoms with Crippen LogP contribution in [0.3, 0.4) is 0 Å². The van der Waals surface area contributed by atoms with Gasteiger partial charge in [-0.05, 0) is 67.8 Å². The number of nitrogens with two attached hydrogens (primary N) is 1. The van der Waals surface area contributed by atoms with Crippen molar-refractivity contribution in [2.24, 2.45) is 0 Å². The first-order chi connectivity index (χ1) is 12.9. The van der Waals surface area contributed by atoms with Crippen LogP contribution in [0.4, 0.5) is 5.69 Å². The van der Waals surface area contributed by atoms with Gasteiger partial charge in [0.2, 0.25) is 0 Å². The summed E-state index contributed by atoms with van der Waals surface area (Å²) in [7, 11) is 0. The lowest BCUT2D eigenvalue weighted by Crippen LogP contribution is -2.33. The van der Waals surface area contributed by atoms with Crippen LogP contribution in [0, 0.1) is 20.8 Å². The van der Waals surface area contributed by atoms with Crippen molar-refractivity contribution in [1.29, 1.82) is 0 Å². The van der Waals surface area contributed by atoms with Crippen molar-refractivity contribution in [2.75, 3.05) is 5.73 Å². The Balaban J connectivity index is 1.95. The van der Waals surface area contributed by atoms with Gasteiger partial charge in [0.05, 0.1) is 16.8 Å². The normalized spacial score (nSPS) is 19.1. The molecule has 3 aromatic rings. The number of esters is 1. The second kappa shape index (κ2) is 5.13. The van der Waals surface area contributed by atoms with Gasteiger partial charge in [0.25, 0.3) is 0 Å². The number of hydrogen-bond acceptors (Lipinski definition) is 4. The second-order valence-corrected chi connectivity index (χ2v) is 7.38. The Morgan fingerprint density at radius 3 is 2.44 bits per heavy atom. The first-order valence-electron chi connectivity index (χ1n) is 8.95. The fraction of sp³-hybridized carbons (Fsp3) is 0.174. The Bertz CT molecular complexity index is 1150. The molecule has 1 unspecified atom stereocenters. The Labute approximate surface area is 157 Å². The zero-order chi connectivity index (χ0) is 18.9. The van der Waals surface area contributed by atoms with Crippen molar-refractivity contribution in [3.63, 3.8) is 0 Å². The maximum Gasteiger partial charge on any atom is 0.340 e. The quantitative estimate of drug-likeness (QED) is 0.465. The van der Waals surface area contributed by atoms with Crippen molar-refractivity contribution < 1.29 is 14.3 Å². The van der Waals surface area contributed by atoms with Crippen molar-refractivity contribution >= 4 is 11.7 Å². The summed E-state index contributed by atoms with van der Waals surface area (Å²) < 4.78 is 12.4. The third-order valence-corrected chi connectivity index (χ3v) is 5.60. The number of anilines is 1. The zero-order valence-electron chi connectivity index (χ0n) is 15.4. The van der Waals surface area contributed by atoms with Gasteiger partial charge in [-0.25, -0.2) is 4.79 Å². The molecule has 2 heterocycles. The molecule has 134 valence electrons. The van der Waals surface area contributed by atoms with Crippen molar-refractivity contribution in [2.45, 2.75) is 26.4 Å². The van der Waals surface area contributed by atoms with E-state index in [0.717, 1.165) is 33.4 Å². The summed E-state index contributed by atoms with van der Waals surface area (Å²) in [6, 6.07) is 15.5. The minimum Gasteiger partial charge on any atom is -0.454 e. The highest BCUT2D eigenvalue weighted by Crippen LogP contribution is 2.57. The van der Waals surface area contributed by atoms with Gasteiger partial charge in [0.1, 0.15) is 5.75 Å². The number of hydrogen-bond donors (Lipinski definition) is 1. The largest absolute Gasteiger partial charge is 0.454 e. The molecule has 0 bridgehead atoms. The smallest absolute Gasteiger partial charge is 0.340 e. The highest BCUT2D eigenvalue weighted by Gasteiger charge is 2.54. The SMILES string of the molecule is Cc1cc(N)c2c(c1)C1(OC(=O)c3ccccc31)c1cc(C)c(C)cc1O2. The topological polar surface area (TPSA) is 61.5 Å². The molecule has 2 N–H and O–H groups in total. The maximum absolute atomic E-state index is 12.8. The molecule has 0 fully saturated rings. The molecule has 4 heteroatoms. The summed E-state index contributed by atoms with van der Waals surface area (Å²) in [5, 5.41) is 0. The number of benzene rings is 3. The molecule has 0 saturated heterocycles. The lowest BCUT2D eigenvalue weighted by atomic mass is 9.76. The Hall–Kier alpha value is -3.27. The number of rotatable bonds is 0. The molecule has 0 saturated carbocycles. The molecular formula is C23H19NO3. The van der Waals surface area contributed by atoms with E-state index in [9.17, 15) is 4.79 Å². The first kappa shape index (κ1) is 15.9. The van der Waals surface area contributed by atoms with E-state index in [-0.39, 0.29) is 5.97 Å². The average Bonchev–Trinajstić information content (AvgIpc) is 2.92. The highest BCUT2D eigenvalue weighted by atomic mass is 16.6. The predicted octanol–water partition coefficient (Wildman–Crippen LogP) is 4.76. The molecule has 0 aromatic heterocycles. The number of nitrogen functional groups attached to an aromatic ring is 1. The molecule has 1 spiro atoms. The van der Waals surface area contributed by atoms with Gasteiger partial charge >= 0.3 is 5.97 Å². The van der Waals surface area contributed by atoms with E-state index in [0.29, 0.717) is 22.7 Å². The van der Waals surface area contributed by atoms with E-state index in [2.05, 4.69) is 6.07 Å². The van der Waals surface area contributed by atoms with Crippen molar-refractivity contribution in [1.82, 2.24) is 0 Å². The summed E-state index contributed by atoms with van der Waals surface area (Å²) >= 11 is 0. The summed E-state index contributed by atoms with van der Waals surface area (Å²) in [4.78, 5) is 12.8. The average molecular weight is 357 g/mol. The molecule has 4 nitrogen and oxygen atoms in total. The highest BCUT2D eigenvalue weighted by molar-refractivity contribution is 5.97. The third kappa shape index (κ3) is 1.95. The summed E-state index contributed by atoms with van der Waals surface area (Å²) in [5.41, 5.74) is 12.0. The van der Waals surface area contributed by atoms with Gasteiger partial charge in [0, 0.05) is 11.1 Å². The number of fused-ring (bicyclic) bond motifs is 6. The van der Waals surface area contributed by atoms with Crippen LogP contribution in [0.15, 0.2) is 48.5 Å². The maximum atomic E-state index is 12.8. The minimum atomic E-state index is -1.05. The van der Waals surface area contributed by atoms with Crippen LogP contribution in [-0.4, -0.2) is 5.97 Å². The van der Waals surface area contributed by atoms with Crippen LogP contribution in [-0.2, 0) is 10.3 Å². The second-order valence-electron chi connectivity index (χ2n) is 7.38. The van der Waals surface area contributed by atoms with Gasteiger partial charge in [-0.2, -0.15) is 0 Å². The molecule has 2 aliphatic rings. The molecular weight excluding hydrogens is 338 g/mol. The van der Waals surface area contributed by atoms with Crippen LogP contribution in [0.1, 0.15) is 43.7 Å². The van der Waals surface area contributed by atoms with Crippen LogP contribution < -0.4 is 10.5 Å². The van der Waals surface area contributed by atoms with Gasteiger partial charge in [-0.1, -0.05) is 18.2 Å².